The largest absolute Gasteiger partial charge is 0.459 e. The van der Waals surface area contributed by atoms with Gasteiger partial charge in [-0.05, 0) is 31.9 Å². The highest BCUT2D eigenvalue weighted by Gasteiger charge is 2.28. The molecular formula is C18H23NO2. The maximum Gasteiger partial charge on any atom is 0.226 e. The van der Waals surface area contributed by atoms with E-state index in [-0.39, 0.29) is 17.9 Å². The minimum Gasteiger partial charge on any atom is -0.459 e. The second kappa shape index (κ2) is 5.92. The van der Waals surface area contributed by atoms with E-state index < -0.39 is 0 Å². The molecule has 1 heterocycles. The van der Waals surface area contributed by atoms with Crippen molar-refractivity contribution in [1.82, 2.24) is 4.90 Å². The molecule has 0 saturated heterocycles. The van der Waals surface area contributed by atoms with Gasteiger partial charge >= 0.3 is 0 Å². The van der Waals surface area contributed by atoms with Gasteiger partial charge in [0.25, 0.3) is 0 Å². The standard InChI is InChI=1S/C18H23NO2/c1-13(17-12-15-10-6-7-11-16(15)21-17)19(2)18(20)14-8-4-3-5-9-14/h6-7,10-14H,3-5,8-9H2,1-2H3. The molecule has 2 aromatic rings. The van der Waals surface area contributed by atoms with Crippen molar-refractivity contribution in [2.75, 3.05) is 7.05 Å². The smallest absolute Gasteiger partial charge is 0.226 e. The Labute approximate surface area is 125 Å². The van der Waals surface area contributed by atoms with Gasteiger partial charge in [0.1, 0.15) is 11.3 Å². The summed E-state index contributed by atoms with van der Waals surface area (Å²) in [5.74, 6) is 1.33. The molecule has 1 aliphatic rings. The van der Waals surface area contributed by atoms with Gasteiger partial charge in [-0.15, -0.1) is 0 Å². The van der Waals surface area contributed by atoms with Gasteiger partial charge in [-0.25, -0.2) is 0 Å². The van der Waals surface area contributed by atoms with Crippen LogP contribution >= 0.6 is 0 Å². The molecule has 0 N–H and O–H groups in total. The predicted octanol–water partition coefficient (Wildman–Crippen LogP) is 4.53. The van der Waals surface area contributed by atoms with Crippen LogP contribution < -0.4 is 0 Å². The molecule has 0 spiro atoms. The number of hydrogen-bond acceptors (Lipinski definition) is 2. The molecule has 1 aliphatic carbocycles. The zero-order chi connectivity index (χ0) is 14.8. The molecule has 1 amide bonds. The van der Waals surface area contributed by atoms with Crippen molar-refractivity contribution in [2.45, 2.75) is 45.1 Å². The molecule has 1 fully saturated rings. The molecule has 1 aromatic carbocycles. The van der Waals surface area contributed by atoms with Crippen LogP contribution in [0, 0.1) is 5.92 Å². The molecule has 112 valence electrons. The van der Waals surface area contributed by atoms with E-state index in [1.807, 2.05) is 49.2 Å². The number of benzene rings is 1. The highest BCUT2D eigenvalue weighted by molar-refractivity contribution is 5.80. The molecule has 1 saturated carbocycles. The number of fused-ring (bicyclic) bond motifs is 1. The van der Waals surface area contributed by atoms with Gasteiger partial charge in [-0.3, -0.25) is 4.79 Å². The molecule has 3 rings (SSSR count). The summed E-state index contributed by atoms with van der Waals surface area (Å²) in [6.45, 7) is 2.04. The van der Waals surface area contributed by atoms with E-state index in [0.29, 0.717) is 0 Å². The summed E-state index contributed by atoms with van der Waals surface area (Å²) in [5.41, 5.74) is 0.887. The summed E-state index contributed by atoms with van der Waals surface area (Å²) in [6.07, 6.45) is 5.71. The monoisotopic (exact) mass is 285 g/mol. The molecular weight excluding hydrogens is 262 g/mol. The first-order valence-corrected chi connectivity index (χ1v) is 7.92. The maximum absolute atomic E-state index is 12.6. The van der Waals surface area contributed by atoms with Crippen LogP contribution in [0.5, 0.6) is 0 Å². The normalized spacial score (nSPS) is 17.8. The van der Waals surface area contributed by atoms with Crippen LogP contribution in [0.25, 0.3) is 11.0 Å². The number of para-hydroxylation sites is 1. The summed E-state index contributed by atoms with van der Waals surface area (Å²) in [6, 6.07) is 10.0. The lowest BCUT2D eigenvalue weighted by atomic mass is 9.88. The Kier molecular flexibility index (Phi) is 4.00. The van der Waals surface area contributed by atoms with Crippen molar-refractivity contribution in [2.24, 2.45) is 5.92 Å². The van der Waals surface area contributed by atoms with Crippen LogP contribution in [0.15, 0.2) is 34.7 Å². The zero-order valence-electron chi connectivity index (χ0n) is 12.8. The maximum atomic E-state index is 12.6. The number of nitrogens with zero attached hydrogens (tertiary/aromatic N) is 1. The van der Waals surface area contributed by atoms with Crippen LogP contribution in [0.3, 0.4) is 0 Å². The number of rotatable bonds is 3. The van der Waals surface area contributed by atoms with Crippen molar-refractivity contribution in [1.29, 1.82) is 0 Å². The lowest BCUT2D eigenvalue weighted by Crippen LogP contribution is -2.35. The van der Waals surface area contributed by atoms with Gasteiger partial charge < -0.3 is 9.32 Å². The highest BCUT2D eigenvalue weighted by atomic mass is 16.3. The molecule has 1 atom stereocenters. The fraction of sp³-hybridized carbons (Fsp3) is 0.500. The lowest BCUT2D eigenvalue weighted by Gasteiger charge is -2.29. The summed E-state index contributed by atoms with van der Waals surface area (Å²) < 4.78 is 5.89. The quantitative estimate of drug-likeness (QED) is 0.830. The third kappa shape index (κ3) is 2.82. The zero-order valence-corrected chi connectivity index (χ0v) is 12.8. The van der Waals surface area contributed by atoms with E-state index in [2.05, 4.69) is 0 Å². The fourth-order valence-corrected chi connectivity index (χ4v) is 3.23. The van der Waals surface area contributed by atoms with Crippen molar-refractivity contribution in [3.05, 3.63) is 36.1 Å². The Morgan fingerprint density at radius 2 is 1.95 bits per heavy atom. The molecule has 3 heteroatoms. The summed E-state index contributed by atoms with van der Waals surface area (Å²) >= 11 is 0. The minimum atomic E-state index is -0.0215. The summed E-state index contributed by atoms with van der Waals surface area (Å²) in [5, 5.41) is 1.10. The fourth-order valence-electron chi connectivity index (χ4n) is 3.23. The van der Waals surface area contributed by atoms with Crippen molar-refractivity contribution >= 4 is 16.9 Å². The van der Waals surface area contributed by atoms with E-state index in [9.17, 15) is 4.79 Å². The molecule has 3 nitrogen and oxygen atoms in total. The van der Waals surface area contributed by atoms with Gasteiger partial charge in [-0.1, -0.05) is 37.5 Å². The molecule has 0 radical (unpaired) electrons. The summed E-state index contributed by atoms with van der Waals surface area (Å²) in [4.78, 5) is 14.5. The third-order valence-electron chi connectivity index (χ3n) is 4.74. The van der Waals surface area contributed by atoms with Gasteiger partial charge in [0.05, 0.1) is 6.04 Å². The summed E-state index contributed by atoms with van der Waals surface area (Å²) in [7, 11) is 1.90. The van der Waals surface area contributed by atoms with E-state index in [4.69, 9.17) is 4.42 Å². The van der Waals surface area contributed by atoms with Gasteiger partial charge in [-0.2, -0.15) is 0 Å². The van der Waals surface area contributed by atoms with Crippen LogP contribution in [0.2, 0.25) is 0 Å². The average molecular weight is 285 g/mol. The van der Waals surface area contributed by atoms with Crippen LogP contribution in [-0.2, 0) is 4.79 Å². The van der Waals surface area contributed by atoms with Crippen LogP contribution in [0.4, 0.5) is 0 Å². The van der Waals surface area contributed by atoms with E-state index in [1.54, 1.807) is 0 Å². The number of hydrogen-bond donors (Lipinski definition) is 0. The lowest BCUT2D eigenvalue weighted by molar-refractivity contribution is -0.137. The third-order valence-corrected chi connectivity index (χ3v) is 4.74. The van der Waals surface area contributed by atoms with Crippen molar-refractivity contribution in [3.63, 3.8) is 0 Å². The van der Waals surface area contributed by atoms with Crippen molar-refractivity contribution < 1.29 is 9.21 Å². The van der Waals surface area contributed by atoms with E-state index in [0.717, 1.165) is 29.6 Å². The second-order valence-corrected chi connectivity index (χ2v) is 6.15. The number of amides is 1. The van der Waals surface area contributed by atoms with Crippen LogP contribution in [0.1, 0.15) is 50.8 Å². The Hall–Kier alpha value is -1.77. The Bertz CT molecular complexity index is 592. The minimum absolute atomic E-state index is 0.0215. The Balaban J connectivity index is 1.76. The highest BCUT2D eigenvalue weighted by Crippen LogP contribution is 2.30. The second-order valence-electron chi connectivity index (χ2n) is 6.15. The molecule has 0 bridgehead atoms. The van der Waals surface area contributed by atoms with Crippen molar-refractivity contribution in [3.8, 4) is 0 Å². The topological polar surface area (TPSA) is 33.5 Å². The molecule has 1 unspecified atom stereocenters. The number of carbonyl (C=O) groups is 1. The molecule has 0 aliphatic heterocycles. The first kappa shape index (κ1) is 14.2. The molecule has 1 aromatic heterocycles. The van der Waals surface area contributed by atoms with E-state index >= 15 is 0 Å². The first-order chi connectivity index (χ1) is 10.2. The molecule has 21 heavy (non-hydrogen) atoms. The Morgan fingerprint density at radius 1 is 1.24 bits per heavy atom. The first-order valence-electron chi connectivity index (χ1n) is 7.92. The van der Waals surface area contributed by atoms with Gasteiger partial charge in [0.15, 0.2) is 0 Å². The SMILES string of the molecule is CC(c1cc2ccccc2o1)N(C)C(=O)C1CCCCC1. The average Bonchev–Trinajstić information content (AvgIpc) is 2.97. The predicted molar refractivity (Wildman–Crippen MR) is 84.0 cm³/mol. The Morgan fingerprint density at radius 3 is 2.67 bits per heavy atom. The van der Waals surface area contributed by atoms with E-state index in [1.165, 1.54) is 19.3 Å². The van der Waals surface area contributed by atoms with Gasteiger partial charge in [0.2, 0.25) is 5.91 Å². The van der Waals surface area contributed by atoms with Gasteiger partial charge in [0, 0.05) is 18.4 Å². The van der Waals surface area contributed by atoms with Crippen LogP contribution in [-0.4, -0.2) is 17.9 Å². The number of furan rings is 1. The number of carbonyl (C=O) groups excluding carboxylic acids is 1.